The lowest BCUT2D eigenvalue weighted by molar-refractivity contribution is 0.0679. The van der Waals surface area contributed by atoms with Crippen molar-refractivity contribution in [3.05, 3.63) is 65.2 Å². The second-order valence-electron chi connectivity index (χ2n) is 6.52. The van der Waals surface area contributed by atoms with E-state index in [-0.39, 0.29) is 18.1 Å². The molecule has 1 fully saturated rings. The van der Waals surface area contributed by atoms with Gasteiger partial charge in [0.25, 0.3) is 5.91 Å². The van der Waals surface area contributed by atoms with Crippen LogP contribution >= 0.6 is 0 Å². The van der Waals surface area contributed by atoms with Gasteiger partial charge in [-0.05, 0) is 62.1 Å². The van der Waals surface area contributed by atoms with E-state index < -0.39 is 0 Å². The smallest absolute Gasteiger partial charge is 0.251 e. The highest BCUT2D eigenvalue weighted by Crippen LogP contribution is 2.19. The van der Waals surface area contributed by atoms with Gasteiger partial charge < -0.3 is 14.8 Å². The highest BCUT2D eigenvalue weighted by Gasteiger charge is 2.16. The van der Waals surface area contributed by atoms with Crippen molar-refractivity contribution >= 4 is 5.91 Å². The van der Waals surface area contributed by atoms with E-state index in [9.17, 15) is 4.79 Å². The molecular weight excluding hydrogens is 314 g/mol. The zero-order chi connectivity index (χ0) is 17.6. The quantitative estimate of drug-likeness (QED) is 0.864. The lowest BCUT2D eigenvalue weighted by atomic mass is 10.0. The van der Waals surface area contributed by atoms with Crippen LogP contribution in [0.25, 0.3) is 0 Å². The Morgan fingerprint density at radius 2 is 2.00 bits per heavy atom. The highest BCUT2D eigenvalue weighted by molar-refractivity contribution is 5.94. The van der Waals surface area contributed by atoms with Crippen LogP contribution in [0.5, 0.6) is 5.75 Å². The zero-order valence-corrected chi connectivity index (χ0v) is 14.8. The molecule has 1 saturated heterocycles. The molecule has 0 bridgehead atoms. The van der Waals surface area contributed by atoms with E-state index in [4.69, 9.17) is 9.47 Å². The summed E-state index contributed by atoms with van der Waals surface area (Å²) in [6, 6.07) is 15.3. The normalized spacial score (nSPS) is 17.9. The van der Waals surface area contributed by atoms with Gasteiger partial charge in [-0.3, -0.25) is 4.79 Å². The maximum atomic E-state index is 12.4. The molecule has 1 N–H and O–H groups in total. The van der Waals surface area contributed by atoms with Gasteiger partial charge >= 0.3 is 0 Å². The Balaban J connectivity index is 1.56. The Hall–Kier alpha value is -2.33. The third-order valence-electron chi connectivity index (χ3n) is 4.58. The lowest BCUT2D eigenvalue weighted by Crippen LogP contribution is -2.27. The minimum atomic E-state index is -0.0820. The van der Waals surface area contributed by atoms with E-state index in [0.29, 0.717) is 12.2 Å². The number of rotatable bonds is 6. The molecule has 1 heterocycles. The molecule has 1 aliphatic heterocycles. The van der Waals surface area contributed by atoms with E-state index in [2.05, 4.69) is 18.3 Å². The average molecular weight is 339 g/mol. The van der Waals surface area contributed by atoms with Crippen LogP contribution in [0.15, 0.2) is 48.5 Å². The number of carbonyl (C=O) groups is 1. The summed E-state index contributed by atoms with van der Waals surface area (Å²) < 4.78 is 11.3. The molecule has 2 aromatic carbocycles. The Kier molecular flexibility index (Phi) is 5.71. The van der Waals surface area contributed by atoms with Crippen LogP contribution in [0.3, 0.4) is 0 Å². The lowest BCUT2D eigenvalue weighted by Gasteiger charge is -2.17. The van der Waals surface area contributed by atoms with Crippen LogP contribution in [0.1, 0.15) is 47.3 Å². The van der Waals surface area contributed by atoms with Gasteiger partial charge in [-0.2, -0.15) is 0 Å². The van der Waals surface area contributed by atoms with Gasteiger partial charge in [0, 0.05) is 12.2 Å². The Morgan fingerprint density at radius 1 is 1.24 bits per heavy atom. The third kappa shape index (κ3) is 4.60. The number of amides is 1. The second-order valence-corrected chi connectivity index (χ2v) is 6.52. The molecule has 4 nitrogen and oxygen atoms in total. The molecule has 132 valence electrons. The van der Waals surface area contributed by atoms with Crippen molar-refractivity contribution in [2.24, 2.45) is 0 Å². The van der Waals surface area contributed by atoms with Crippen LogP contribution < -0.4 is 10.1 Å². The van der Waals surface area contributed by atoms with Crippen LogP contribution in [0.2, 0.25) is 0 Å². The molecule has 0 radical (unpaired) electrons. The minimum absolute atomic E-state index is 0.0378. The third-order valence-corrected chi connectivity index (χ3v) is 4.58. The number of benzene rings is 2. The van der Waals surface area contributed by atoms with Gasteiger partial charge in [0.15, 0.2) is 0 Å². The number of nitrogens with one attached hydrogen (secondary N) is 1. The number of aryl methyl sites for hydroxylation is 1. The first-order chi connectivity index (χ1) is 12.1. The summed E-state index contributed by atoms with van der Waals surface area (Å²) in [5, 5.41) is 3.05. The van der Waals surface area contributed by atoms with Crippen LogP contribution in [0.4, 0.5) is 0 Å². The van der Waals surface area contributed by atoms with E-state index in [0.717, 1.165) is 30.8 Å². The summed E-state index contributed by atoms with van der Waals surface area (Å²) in [4.78, 5) is 12.4. The molecular formula is C21H25NO3. The van der Waals surface area contributed by atoms with E-state index in [1.807, 2.05) is 37.3 Å². The predicted octanol–water partition coefficient (Wildman–Crippen LogP) is 4.04. The summed E-state index contributed by atoms with van der Waals surface area (Å²) in [6.07, 6.45) is 2.35. The molecule has 2 aromatic rings. The fraction of sp³-hybridized carbons (Fsp3) is 0.381. The van der Waals surface area contributed by atoms with Crippen LogP contribution in [-0.2, 0) is 4.74 Å². The predicted molar refractivity (Wildman–Crippen MR) is 98.0 cm³/mol. The topological polar surface area (TPSA) is 47.6 Å². The summed E-state index contributed by atoms with van der Waals surface area (Å²) in [5.74, 6) is 0.681. The summed E-state index contributed by atoms with van der Waals surface area (Å²) in [6.45, 7) is 5.44. The van der Waals surface area contributed by atoms with Gasteiger partial charge in [0.05, 0.1) is 12.1 Å². The molecule has 0 aliphatic carbocycles. The fourth-order valence-corrected chi connectivity index (χ4v) is 3.10. The van der Waals surface area contributed by atoms with E-state index in [1.165, 1.54) is 5.56 Å². The Labute approximate surface area is 149 Å². The maximum absolute atomic E-state index is 12.4. The monoisotopic (exact) mass is 339 g/mol. The van der Waals surface area contributed by atoms with Crippen molar-refractivity contribution < 1.29 is 14.3 Å². The largest absolute Gasteiger partial charge is 0.491 e. The molecule has 2 atom stereocenters. The SMILES string of the molecule is Cc1ccccc1C(C)NC(=O)c1ccc(OCC2CCCO2)cc1. The molecule has 1 amide bonds. The van der Waals surface area contributed by atoms with Crippen molar-refractivity contribution in [3.8, 4) is 5.75 Å². The number of carbonyl (C=O) groups excluding carboxylic acids is 1. The standard InChI is InChI=1S/C21H25NO3/c1-15-6-3-4-8-20(15)16(2)22-21(23)17-9-11-18(12-10-17)25-14-19-7-5-13-24-19/h3-4,6,8-12,16,19H,5,7,13-14H2,1-2H3,(H,22,23). The molecule has 2 unspecified atom stereocenters. The van der Waals surface area contributed by atoms with Crippen molar-refractivity contribution in [2.75, 3.05) is 13.2 Å². The fourth-order valence-electron chi connectivity index (χ4n) is 3.10. The Bertz CT molecular complexity index is 705. The highest BCUT2D eigenvalue weighted by atomic mass is 16.5. The molecule has 25 heavy (non-hydrogen) atoms. The van der Waals surface area contributed by atoms with Gasteiger partial charge in [0.1, 0.15) is 12.4 Å². The second kappa shape index (κ2) is 8.17. The summed E-state index contributed by atoms with van der Waals surface area (Å²) in [7, 11) is 0. The van der Waals surface area contributed by atoms with Gasteiger partial charge in [-0.25, -0.2) is 0 Å². The zero-order valence-electron chi connectivity index (χ0n) is 14.8. The van der Waals surface area contributed by atoms with Gasteiger partial charge in [0.2, 0.25) is 0 Å². The van der Waals surface area contributed by atoms with Crippen LogP contribution in [0, 0.1) is 6.92 Å². The van der Waals surface area contributed by atoms with E-state index >= 15 is 0 Å². The molecule has 0 aromatic heterocycles. The Morgan fingerprint density at radius 3 is 2.68 bits per heavy atom. The average Bonchev–Trinajstić information content (AvgIpc) is 3.14. The van der Waals surface area contributed by atoms with Crippen molar-refractivity contribution in [3.63, 3.8) is 0 Å². The van der Waals surface area contributed by atoms with Crippen molar-refractivity contribution in [1.29, 1.82) is 0 Å². The number of ether oxygens (including phenoxy) is 2. The molecule has 4 heteroatoms. The molecule has 3 rings (SSSR count). The number of hydrogen-bond acceptors (Lipinski definition) is 3. The summed E-state index contributed by atoms with van der Waals surface area (Å²) in [5.41, 5.74) is 2.94. The first-order valence-corrected chi connectivity index (χ1v) is 8.84. The van der Waals surface area contributed by atoms with Gasteiger partial charge in [-0.1, -0.05) is 24.3 Å². The van der Waals surface area contributed by atoms with Crippen molar-refractivity contribution in [1.82, 2.24) is 5.32 Å². The molecule has 0 saturated carbocycles. The maximum Gasteiger partial charge on any atom is 0.251 e. The van der Waals surface area contributed by atoms with E-state index in [1.54, 1.807) is 12.1 Å². The minimum Gasteiger partial charge on any atom is -0.491 e. The van der Waals surface area contributed by atoms with Crippen molar-refractivity contribution in [2.45, 2.75) is 38.8 Å². The molecule has 0 spiro atoms. The first-order valence-electron chi connectivity index (χ1n) is 8.84. The molecule has 1 aliphatic rings. The van der Waals surface area contributed by atoms with Crippen LogP contribution in [-0.4, -0.2) is 25.2 Å². The first kappa shape index (κ1) is 17.5. The summed E-state index contributed by atoms with van der Waals surface area (Å²) >= 11 is 0. The van der Waals surface area contributed by atoms with Gasteiger partial charge in [-0.15, -0.1) is 0 Å². The number of hydrogen-bond donors (Lipinski definition) is 1.